The Morgan fingerprint density at radius 1 is 1.75 bits per heavy atom. The summed E-state index contributed by atoms with van der Waals surface area (Å²) in [6.07, 6.45) is 1.05. The highest BCUT2D eigenvalue weighted by Crippen LogP contribution is 2.02. The average Bonchev–Trinajstić information content (AvgIpc) is 2.01. The summed E-state index contributed by atoms with van der Waals surface area (Å²) in [5.74, 6) is 0.146. The molecular weight excluding hydrogens is 172 g/mol. The van der Waals surface area contributed by atoms with E-state index < -0.39 is 0 Å². The number of nitrogens with zero attached hydrogens (tertiary/aromatic N) is 1. The summed E-state index contributed by atoms with van der Waals surface area (Å²) >= 11 is 4.29. The first kappa shape index (κ1) is 9.86. The van der Waals surface area contributed by atoms with Crippen molar-refractivity contribution in [2.45, 2.75) is 18.6 Å². The van der Waals surface area contributed by atoms with Gasteiger partial charge < -0.3 is 5.32 Å². The van der Waals surface area contributed by atoms with Crippen LogP contribution in [0, 0.1) is 0 Å². The highest BCUT2D eigenvalue weighted by molar-refractivity contribution is 7.80. The number of amides is 1. The number of hydrogen-bond donors (Lipinski definition) is 2. The molecule has 0 saturated carbocycles. The first-order valence-corrected chi connectivity index (χ1v) is 4.87. The molecule has 0 aromatic rings. The normalized spacial score (nSPS) is 22.0. The van der Waals surface area contributed by atoms with E-state index in [0.29, 0.717) is 11.8 Å². The lowest BCUT2D eigenvalue weighted by atomic mass is 10.3. The molecule has 1 heterocycles. The highest BCUT2D eigenvalue weighted by Gasteiger charge is 2.15. The van der Waals surface area contributed by atoms with Crippen LogP contribution in [0.15, 0.2) is 0 Å². The van der Waals surface area contributed by atoms with E-state index in [1.54, 1.807) is 0 Å². The van der Waals surface area contributed by atoms with Crippen LogP contribution in [0.3, 0.4) is 0 Å². The summed E-state index contributed by atoms with van der Waals surface area (Å²) < 4.78 is 0. The monoisotopic (exact) mass is 188 g/mol. The third kappa shape index (κ3) is 3.45. The molecule has 70 valence electrons. The van der Waals surface area contributed by atoms with Gasteiger partial charge in [0.25, 0.3) is 0 Å². The van der Waals surface area contributed by atoms with Gasteiger partial charge in [-0.1, -0.05) is 6.92 Å². The molecule has 1 aliphatic rings. The molecular formula is C8H16N2OS. The van der Waals surface area contributed by atoms with Crippen molar-refractivity contribution in [1.82, 2.24) is 10.2 Å². The summed E-state index contributed by atoms with van der Waals surface area (Å²) in [7, 11) is 0. The van der Waals surface area contributed by atoms with E-state index in [2.05, 4.69) is 29.8 Å². The zero-order valence-electron chi connectivity index (χ0n) is 7.42. The van der Waals surface area contributed by atoms with Gasteiger partial charge in [-0.15, -0.1) is 0 Å². The standard InChI is InChI=1S/C8H16N2OS/c1-7(12)2-4-10-5-3-9-8(11)6-10/h7,12H,2-6H2,1H3,(H,9,11). The van der Waals surface area contributed by atoms with Gasteiger partial charge in [0.2, 0.25) is 5.91 Å². The summed E-state index contributed by atoms with van der Waals surface area (Å²) in [5, 5.41) is 3.23. The molecule has 12 heavy (non-hydrogen) atoms. The second kappa shape index (κ2) is 4.72. The van der Waals surface area contributed by atoms with Crippen molar-refractivity contribution in [3.63, 3.8) is 0 Å². The molecule has 1 amide bonds. The van der Waals surface area contributed by atoms with Crippen LogP contribution in [-0.4, -0.2) is 42.2 Å². The third-order valence-corrected chi connectivity index (χ3v) is 2.24. The van der Waals surface area contributed by atoms with Crippen LogP contribution in [0.25, 0.3) is 0 Å². The minimum atomic E-state index is 0.146. The number of carbonyl (C=O) groups excluding carboxylic acids is 1. The highest BCUT2D eigenvalue weighted by atomic mass is 32.1. The van der Waals surface area contributed by atoms with Crippen molar-refractivity contribution in [3.8, 4) is 0 Å². The van der Waals surface area contributed by atoms with E-state index in [4.69, 9.17) is 0 Å². The third-order valence-electron chi connectivity index (χ3n) is 1.98. The molecule has 1 aliphatic heterocycles. The van der Waals surface area contributed by atoms with Crippen molar-refractivity contribution < 1.29 is 4.79 Å². The molecule has 0 aliphatic carbocycles. The minimum absolute atomic E-state index is 0.146. The maximum Gasteiger partial charge on any atom is 0.234 e. The maximum absolute atomic E-state index is 10.9. The van der Waals surface area contributed by atoms with Gasteiger partial charge in [-0.2, -0.15) is 12.6 Å². The van der Waals surface area contributed by atoms with Crippen LogP contribution >= 0.6 is 12.6 Å². The van der Waals surface area contributed by atoms with Gasteiger partial charge in [0.15, 0.2) is 0 Å². The molecule has 1 saturated heterocycles. The quantitative estimate of drug-likeness (QED) is 0.617. The Morgan fingerprint density at radius 2 is 2.50 bits per heavy atom. The summed E-state index contributed by atoms with van der Waals surface area (Å²) in [5.41, 5.74) is 0. The number of piperazine rings is 1. The Hall–Kier alpha value is -0.220. The van der Waals surface area contributed by atoms with Gasteiger partial charge in [-0.25, -0.2) is 0 Å². The fraction of sp³-hybridized carbons (Fsp3) is 0.875. The van der Waals surface area contributed by atoms with Crippen molar-refractivity contribution in [1.29, 1.82) is 0 Å². The lowest BCUT2D eigenvalue weighted by Gasteiger charge is -2.26. The van der Waals surface area contributed by atoms with E-state index in [1.165, 1.54) is 0 Å². The van der Waals surface area contributed by atoms with Gasteiger partial charge in [-0.3, -0.25) is 9.69 Å². The smallest absolute Gasteiger partial charge is 0.234 e. The van der Waals surface area contributed by atoms with Crippen molar-refractivity contribution in [2.24, 2.45) is 0 Å². The fourth-order valence-electron chi connectivity index (χ4n) is 1.25. The zero-order chi connectivity index (χ0) is 8.97. The van der Waals surface area contributed by atoms with Gasteiger partial charge in [0.05, 0.1) is 6.54 Å². The topological polar surface area (TPSA) is 32.3 Å². The van der Waals surface area contributed by atoms with Crippen LogP contribution < -0.4 is 5.32 Å². The zero-order valence-corrected chi connectivity index (χ0v) is 8.31. The lowest BCUT2D eigenvalue weighted by Crippen LogP contribution is -2.48. The van der Waals surface area contributed by atoms with Gasteiger partial charge >= 0.3 is 0 Å². The van der Waals surface area contributed by atoms with Crippen LogP contribution in [0.4, 0.5) is 0 Å². The molecule has 0 spiro atoms. The first-order valence-electron chi connectivity index (χ1n) is 4.35. The van der Waals surface area contributed by atoms with Crippen LogP contribution in [0.5, 0.6) is 0 Å². The number of hydrogen-bond acceptors (Lipinski definition) is 3. The molecule has 1 rings (SSSR count). The van der Waals surface area contributed by atoms with Gasteiger partial charge in [0.1, 0.15) is 0 Å². The molecule has 3 nitrogen and oxygen atoms in total. The predicted octanol–water partition coefficient (Wildman–Crippen LogP) is 0.127. The van der Waals surface area contributed by atoms with Crippen LogP contribution in [0.1, 0.15) is 13.3 Å². The second-order valence-corrected chi connectivity index (χ2v) is 4.15. The maximum atomic E-state index is 10.9. The first-order chi connectivity index (χ1) is 5.68. The summed E-state index contributed by atoms with van der Waals surface area (Å²) in [6.45, 7) is 5.39. The lowest BCUT2D eigenvalue weighted by molar-refractivity contribution is -0.124. The Kier molecular flexibility index (Phi) is 3.88. The average molecular weight is 188 g/mol. The van der Waals surface area contributed by atoms with Crippen molar-refractivity contribution in [3.05, 3.63) is 0 Å². The van der Waals surface area contributed by atoms with Crippen LogP contribution in [0.2, 0.25) is 0 Å². The Labute approximate surface area is 78.9 Å². The largest absolute Gasteiger partial charge is 0.354 e. The van der Waals surface area contributed by atoms with Crippen LogP contribution in [-0.2, 0) is 4.79 Å². The van der Waals surface area contributed by atoms with Crippen molar-refractivity contribution >= 4 is 18.5 Å². The Bertz CT molecular complexity index is 161. The summed E-state index contributed by atoms with van der Waals surface area (Å²) in [6, 6.07) is 0. The van der Waals surface area contributed by atoms with Gasteiger partial charge in [0, 0.05) is 18.3 Å². The van der Waals surface area contributed by atoms with E-state index in [-0.39, 0.29) is 5.91 Å². The second-order valence-electron chi connectivity index (χ2n) is 3.26. The van der Waals surface area contributed by atoms with E-state index >= 15 is 0 Å². The predicted molar refractivity (Wildman–Crippen MR) is 52.5 cm³/mol. The molecule has 1 N–H and O–H groups in total. The Balaban J connectivity index is 2.18. The Morgan fingerprint density at radius 3 is 3.08 bits per heavy atom. The van der Waals surface area contributed by atoms with E-state index in [1.807, 2.05) is 0 Å². The minimum Gasteiger partial charge on any atom is -0.354 e. The number of rotatable bonds is 3. The molecule has 0 bridgehead atoms. The van der Waals surface area contributed by atoms with Crippen molar-refractivity contribution in [2.75, 3.05) is 26.2 Å². The SMILES string of the molecule is CC(S)CCN1CCNC(=O)C1. The summed E-state index contributed by atoms with van der Waals surface area (Å²) in [4.78, 5) is 13.1. The molecule has 1 fully saturated rings. The number of carbonyl (C=O) groups is 1. The molecule has 0 radical (unpaired) electrons. The van der Waals surface area contributed by atoms with E-state index in [9.17, 15) is 4.79 Å². The number of thiol groups is 1. The molecule has 0 aromatic carbocycles. The molecule has 1 atom stereocenters. The molecule has 4 heteroatoms. The van der Waals surface area contributed by atoms with Gasteiger partial charge in [-0.05, 0) is 13.0 Å². The molecule has 0 aromatic heterocycles. The van der Waals surface area contributed by atoms with E-state index in [0.717, 1.165) is 26.1 Å². The molecule has 1 unspecified atom stereocenters. The fourth-order valence-corrected chi connectivity index (χ4v) is 1.37. The number of nitrogens with one attached hydrogen (secondary N) is 1.